The maximum absolute atomic E-state index is 12.0. The highest BCUT2D eigenvalue weighted by atomic mass is 35.5. The molecule has 5 N–H and O–H groups in total. The second-order valence-electron chi connectivity index (χ2n) is 6.26. The van der Waals surface area contributed by atoms with Gasteiger partial charge < -0.3 is 26.3 Å². The Morgan fingerprint density at radius 2 is 1.58 bits per heavy atom. The van der Waals surface area contributed by atoms with Gasteiger partial charge in [0.2, 0.25) is 11.8 Å². The summed E-state index contributed by atoms with van der Waals surface area (Å²) in [6, 6.07) is 8.53. The number of amides is 3. The molecule has 2 aromatic rings. The molecule has 164 valence electrons. The van der Waals surface area contributed by atoms with Crippen LogP contribution in [0.15, 0.2) is 36.4 Å². The Balaban J connectivity index is 1.77. The summed E-state index contributed by atoms with van der Waals surface area (Å²) >= 11 is 11.8. The number of primary amides is 2. The first-order chi connectivity index (χ1) is 14.7. The number of carbonyl (C=O) groups excluding carboxylic acids is 4. The first-order valence-electron chi connectivity index (χ1n) is 8.93. The molecule has 0 radical (unpaired) electrons. The fourth-order valence-electron chi connectivity index (χ4n) is 2.39. The van der Waals surface area contributed by atoms with Crippen LogP contribution in [0, 0.1) is 0 Å². The van der Waals surface area contributed by atoms with E-state index >= 15 is 0 Å². The molecule has 0 saturated carbocycles. The number of halogens is 2. The lowest BCUT2D eigenvalue weighted by atomic mass is 10.1. The molecule has 0 fully saturated rings. The molecule has 2 aromatic carbocycles. The molecule has 0 saturated heterocycles. The summed E-state index contributed by atoms with van der Waals surface area (Å²) in [6.07, 6.45) is 0.351. The lowest BCUT2D eigenvalue weighted by molar-refractivity contribution is -0.147. The Labute approximate surface area is 187 Å². The van der Waals surface area contributed by atoms with Crippen molar-refractivity contribution in [3.05, 3.63) is 57.6 Å². The van der Waals surface area contributed by atoms with Crippen molar-refractivity contribution in [1.29, 1.82) is 0 Å². The van der Waals surface area contributed by atoms with Crippen molar-refractivity contribution in [2.45, 2.75) is 12.8 Å². The zero-order chi connectivity index (χ0) is 23.0. The Kier molecular flexibility index (Phi) is 8.65. The third-order valence-corrected chi connectivity index (χ3v) is 4.36. The van der Waals surface area contributed by atoms with Crippen LogP contribution < -0.4 is 21.5 Å². The first-order valence-corrected chi connectivity index (χ1v) is 9.69. The minimum absolute atomic E-state index is 0.00983. The number of anilines is 1. The molecule has 11 heteroatoms. The average Bonchev–Trinajstić information content (AvgIpc) is 2.70. The van der Waals surface area contributed by atoms with Crippen LogP contribution in [0.1, 0.15) is 33.6 Å². The molecule has 0 spiro atoms. The van der Waals surface area contributed by atoms with Crippen LogP contribution in [0.3, 0.4) is 0 Å². The summed E-state index contributed by atoms with van der Waals surface area (Å²) in [5.41, 5.74) is 10.5. The van der Waals surface area contributed by atoms with Crippen molar-refractivity contribution in [1.82, 2.24) is 0 Å². The third kappa shape index (κ3) is 7.80. The van der Waals surface area contributed by atoms with Crippen molar-refractivity contribution >= 4 is 52.6 Å². The van der Waals surface area contributed by atoms with E-state index in [1.165, 1.54) is 24.3 Å². The quantitative estimate of drug-likeness (QED) is 0.360. The summed E-state index contributed by atoms with van der Waals surface area (Å²) in [5, 5.41) is 3.24. The summed E-state index contributed by atoms with van der Waals surface area (Å²) in [5.74, 6) is -2.44. The standard InChI is InChI=1S/C20H19Cl2N3O6/c21-13-3-4-16(15(22)9-13)30-5-1-2-18(27)31-10-17(26)25-14-7-11(19(23)28)6-12(8-14)20(24)29/h3-4,6-9H,1-2,5,10H2,(H2,23,28)(H2,24,29)(H,25,26). The average molecular weight is 468 g/mol. The van der Waals surface area contributed by atoms with E-state index in [0.29, 0.717) is 22.2 Å². The molecule has 3 amide bonds. The largest absolute Gasteiger partial charge is 0.492 e. The van der Waals surface area contributed by atoms with Gasteiger partial charge in [-0.15, -0.1) is 0 Å². The van der Waals surface area contributed by atoms with Crippen molar-refractivity contribution in [2.75, 3.05) is 18.5 Å². The van der Waals surface area contributed by atoms with Gasteiger partial charge in [0.1, 0.15) is 5.75 Å². The van der Waals surface area contributed by atoms with Crippen molar-refractivity contribution < 1.29 is 28.7 Å². The lowest BCUT2D eigenvalue weighted by Gasteiger charge is -2.10. The zero-order valence-electron chi connectivity index (χ0n) is 16.2. The van der Waals surface area contributed by atoms with Gasteiger partial charge in [-0.25, -0.2) is 0 Å². The zero-order valence-corrected chi connectivity index (χ0v) is 17.7. The highest BCUT2D eigenvalue weighted by Gasteiger charge is 2.13. The summed E-state index contributed by atoms with van der Waals surface area (Å²) in [7, 11) is 0. The van der Waals surface area contributed by atoms with E-state index in [2.05, 4.69) is 5.32 Å². The molecular weight excluding hydrogens is 449 g/mol. The van der Waals surface area contributed by atoms with Crippen LogP contribution in [-0.2, 0) is 14.3 Å². The number of ether oxygens (including phenoxy) is 2. The van der Waals surface area contributed by atoms with Gasteiger partial charge in [-0.2, -0.15) is 0 Å². The van der Waals surface area contributed by atoms with E-state index in [4.69, 9.17) is 44.1 Å². The minimum atomic E-state index is -0.799. The number of carbonyl (C=O) groups is 4. The number of nitrogens with one attached hydrogen (secondary N) is 1. The number of rotatable bonds is 10. The Bertz CT molecular complexity index is 980. The topological polar surface area (TPSA) is 151 Å². The number of benzene rings is 2. The van der Waals surface area contributed by atoms with Crippen LogP contribution >= 0.6 is 23.2 Å². The number of hydrogen-bond acceptors (Lipinski definition) is 6. The number of esters is 1. The molecule has 0 atom stereocenters. The van der Waals surface area contributed by atoms with Gasteiger partial charge in [0, 0.05) is 28.3 Å². The van der Waals surface area contributed by atoms with Crippen LogP contribution in [0.5, 0.6) is 5.75 Å². The van der Waals surface area contributed by atoms with Crippen LogP contribution in [0.2, 0.25) is 10.0 Å². The second kappa shape index (κ2) is 11.2. The van der Waals surface area contributed by atoms with E-state index in [-0.39, 0.29) is 29.8 Å². The summed E-state index contributed by atoms with van der Waals surface area (Å²) < 4.78 is 10.3. The molecule has 0 aliphatic heterocycles. The van der Waals surface area contributed by atoms with Crippen molar-refractivity contribution in [3.8, 4) is 5.75 Å². The molecule has 0 heterocycles. The van der Waals surface area contributed by atoms with Gasteiger partial charge in [-0.3, -0.25) is 19.2 Å². The number of nitrogens with two attached hydrogens (primary N) is 2. The molecule has 31 heavy (non-hydrogen) atoms. The lowest BCUT2D eigenvalue weighted by Crippen LogP contribution is -2.22. The summed E-state index contributed by atoms with van der Waals surface area (Å²) in [6.45, 7) is -0.353. The van der Waals surface area contributed by atoms with E-state index in [9.17, 15) is 19.2 Å². The van der Waals surface area contributed by atoms with Gasteiger partial charge >= 0.3 is 5.97 Å². The fraction of sp³-hybridized carbons (Fsp3) is 0.200. The normalized spacial score (nSPS) is 10.3. The highest BCUT2D eigenvalue weighted by molar-refractivity contribution is 6.35. The van der Waals surface area contributed by atoms with E-state index in [1.807, 2.05) is 0 Å². The van der Waals surface area contributed by atoms with Gasteiger partial charge in [0.05, 0.1) is 11.6 Å². The third-order valence-electron chi connectivity index (χ3n) is 3.83. The molecule has 0 aliphatic rings. The van der Waals surface area contributed by atoms with E-state index in [1.54, 1.807) is 12.1 Å². The maximum Gasteiger partial charge on any atom is 0.306 e. The molecule has 0 bridgehead atoms. The van der Waals surface area contributed by atoms with Crippen LogP contribution in [0.25, 0.3) is 0 Å². The van der Waals surface area contributed by atoms with Gasteiger partial charge in [0.15, 0.2) is 6.61 Å². The van der Waals surface area contributed by atoms with Crippen molar-refractivity contribution in [3.63, 3.8) is 0 Å². The SMILES string of the molecule is NC(=O)c1cc(NC(=O)COC(=O)CCCOc2ccc(Cl)cc2Cl)cc(C(N)=O)c1. The smallest absolute Gasteiger partial charge is 0.306 e. The van der Waals surface area contributed by atoms with Gasteiger partial charge in [-0.1, -0.05) is 23.2 Å². The van der Waals surface area contributed by atoms with E-state index < -0.39 is 30.3 Å². The molecule has 0 aromatic heterocycles. The maximum atomic E-state index is 12.0. The van der Waals surface area contributed by atoms with Crippen LogP contribution in [-0.4, -0.2) is 36.9 Å². The Morgan fingerprint density at radius 1 is 0.935 bits per heavy atom. The van der Waals surface area contributed by atoms with Crippen molar-refractivity contribution in [2.24, 2.45) is 11.5 Å². The second-order valence-corrected chi connectivity index (χ2v) is 7.11. The predicted molar refractivity (Wildman–Crippen MR) is 114 cm³/mol. The monoisotopic (exact) mass is 467 g/mol. The fourth-order valence-corrected chi connectivity index (χ4v) is 2.85. The molecule has 0 aliphatic carbocycles. The minimum Gasteiger partial charge on any atom is -0.492 e. The summed E-state index contributed by atoms with van der Waals surface area (Å²) in [4.78, 5) is 46.5. The molecule has 0 unspecified atom stereocenters. The van der Waals surface area contributed by atoms with Crippen LogP contribution in [0.4, 0.5) is 5.69 Å². The molecular formula is C20H19Cl2N3O6. The Morgan fingerprint density at radius 3 is 2.16 bits per heavy atom. The van der Waals surface area contributed by atoms with E-state index in [0.717, 1.165) is 0 Å². The Hall–Kier alpha value is -3.30. The van der Waals surface area contributed by atoms with Gasteiger partial charge in [-0.05, 0) is 42.8 Å². The first kappa shape index (κ1) is 24.0. The molecule has 9 nitrogen and oxygen atoms in total. The molecule has 2 rings (SSSR count). The number of hydrogen-bond donors (Lipinski definition) is 3. The predicted octanol–water partition coefficient (Wildman–Crippen LogP) is 2.53. The van der Waals surface area contributed by atoms with Gasteiger partial charge in [0.25, 0.3) is 5.91 Å². The highest BCUT2D eigenvalue weighted by Crippen LogP contribution is 2.27.